The largest absolute Gasteiger partial charge is 0.472 e. The molecular weight excluding hydrogens is 978 g/mol. The number of hydrogen-bond donors (Lipinski definition) is 2. The minimum atomic E-state index is -4.39. The number of esters is 2. The molecule has 0 aromatic rings. The fourth-order valence-electron chi connectivity index (χ4n) is 9.31. The van der Waals surface area contributed by atoms with E-state index in [1.165, 1.54) is 193 Å². The van der Waals surface area contributed by atoms with Crippen LogP contribution in [0.1, 0.15) is 309 Å². The molecule has 2 unspecified atom stereocenters. The fourth-order valence-corrected chi connectivity index (χ4v) is 10.1. The standard InChI is InChI=1S/C67H122NO8P/c1-3-5-7-9-11-13-15-17-19-20-21-22-23-24-25-26-27-28-29-30-31-32-33-34-35-36-37-38-39-40-41-42-43-44-46-48-50-52-54-56-58-60-67(70)76-65(64-75-77(71,72)74-62-61-68)63-73-66(69)59-57-55-53-51-49-47-45-18-16-14-12-10-8-6-4-2/h6,8,12,14-15,17-18,20-21,23-24,45,65H,3-5,7,9-11,13,16,19,22,25-44,46-64,68H2,1-2H3,(H,71,72)/b8-6-,14-12-,17-15-,21-20-,24-23-,45-18-. The second kappa shape index (κ2) is 62.6. The number of allylic oxidation sites excluding steroid dienone is 12. The van der Waals surface area contributed by atoms with Gasteiger partial charge in [-0.1, -0.05) is 286 Å². The average molecular weight is 1100 g/mol. The van der Waals surface area contributed by atoms with Gasteiger partial charge in [-0.25, -0.2) is 4.57 Å². The lowest BCUT2D eigenvalue weighted by Gasteiger charge is -2.19. The highest BCUT2D eigenvalue weighted by atomic mass is 31.2. The summed E-state index contributed by atoms with van der Waals surface area (Å²) in [6.45, 7) is 3.62. The average Bonchev–Trinajstić information content (AvgIpc) is 3.42. The number of rotatable bonds is 61. The first-order valence-corrected chi connectivity index (χ1v) is 33.9. The Balaban J connectivity index is 3.75. The first-order chi connectivity index (χ1) is 37.8. The first kappa shape index (κ1) is 74.5. The van der Waals surface area contributed by atoms with Crippen LogP contribution in [0.5, 0.6) is 0 Å². The molecule has 77 heavy (non-hydrogen) atoms. The Morgan fingerprint density at radius 3 is 1.06 bits per heavy atom. The second-order valence-corrected chi connectivity index (χ2v) is 23.1. The van der Waals surface area contributed by atoms with Crippen LogP contribution < -0.4 is 5.73 Å². The Kier molecular flexibility index (Phi) is 60.6. The van der Waals surface area contributed by atoms with E-state index in [-0.39, 0.29) is 32.6 Å². The van der Waals surface area contributed by atoms with Crippen LogP contribution in [0, 0.1) is 0 Å². The molecule has 0 aromatic carbocycles. The van der Waals surface area contributed by atoms with E-state index in [0.29, 0.717) is 12.8 Å². The van der Waals surface area contributed by atoms with Gasteiger partial charge in [-0.2, -0.15) is 0 Å². The monoisotopic (exact) mass is 1100 g/mol. The number of phosphoric acid groups is 1. The third-order valence-corrected chi connectivity index (χ3v) is 15.1. The summed E-state index contributed by atoms with van der Waals surface area (Å²) in [4.78, 5) is 35.2. The molecule has 0 aliphatic rings. The molecule has 0 spiro atoms. The highest BCUT2D eigenvalue weighted by molar-refractivity contribution is 7.47. The number of unbranched alkanes of at least 4 members (excludes halogenated alkanes) is 36. The minimum absolute atomic E-state index is 0.0501. The molecule has 0 bridgehead atoms. The Labute approximate surface area is 475 Å². The lowest BCUT2D eigenvalue weighted by atomic mass is 10.0. The van der Waals surface area contributed by atoms with Crippen molar-refractivity contribution in [1.82, 2.24) is 0 Å². The molecule has 0 heterocycles. The van der Waals surface area contributed by atoms with Gasteiger partial charge >= 0.3 is 19.8 Å². The molecule has 0 radical (unpaired) electrons. The molecule has 0 amide bonds. The molecule has 0 saturated heterocycles. The van der Waals surface area contributed by atoms with Crippen molar-refractivity contribution in [3.05, 3.63) is 72.9 Å². The summed E-state index contributed by atoms with van der Waals surface area (Å²) in [5.74, 6) is -0.839. The molecular formula is C67H122NO8P. The predicted octanol–water partition coefficient (Wildman–Crippen LogP) is 20.9. The molecule has 0 saturated carbocycles. The van der Waals surface area contributed by atoms with Crippen LogP contribution in [0.2, 0.25) is 0 Å². The Morgan fingerprint density at radius 2 is 0.714 bits per heavy atom. The summed E-state index contributed by atoms with van der Waals surface area (Å²) in [5, 5.41) is 0. The maximum absolute atomic E-state index is 12.7. The molecule has 0 aliphatic carbocycles. The first-order valence-electron chi connectivity index (χ1n) is 32.4. The molecule has 10 heteroatoms. The smallest absolute Gasteiger partial charge is 0.462 e. The van der Waals surface area contributed by atoms with Crippen molar-refractivity contribution < 1.29 is 37.6 Å². The van der Waals surface area contributed by atoms with E-state index in [2.05, 4.69) is 86.8 Å². The van der Waals surface area contributed by atoms with Gasteiger partial charge < -0.3 is 20.1 Å². The van der Waals surface area contributed by atoms with Crippen LogP contribution in [-0.2, 0) is 32.7 Å². The number of phosphoric ester groups is 1. The van der Waals surface area contributed by atoms with Gasteiger partial charge in [-0.15, -0.1) is 0 Å². The van der Waals surface area contributed by atoms with Crippen molar-refractivity contribution in [3.8, 4) is 0 Å². The second-order valence-electron chi connectivity index (χ2n) is 21.6. The van der Waals surface area contributed by atoms with Crippen molar-refractivity contribution in [2.75, 3.05) is 26.4 Å². The van der Waals surface area contributed by atoms with E-state index in [0.717, 1.165) is 77.0 Å². The summed E-state index contributed by atoms with van der Waals surface area (Å²) in [5.41, 5.74) is 5.38. The highest BCUT2D eigenvalue weighted by Crippen LogP contribution is 2.43. The van der Waals surface area contributed by atoms with Crippen molar-refractivity contribution >= 4 is 19.8 Å². The topological polar surface area (TPSA) is 134 Å². The molecule has 0 aromatic heterocycles. The van der Waals surface area contributed by atoms with Crippen LogP contribution in [0.3, 0.4) is 0 Å². The number of carbonyl (C=O) groups excluding carboxylic acids is 2. The van der Waals surface area contributed by atoms with Crippen molar-refractivity contribution in [3.63, 3.8) is 0 Å². The summed E-state index contributed by atoms with van der Waals surface area (Å²) in [6, 6.07) is 0. The fraction of sp³-hybridized carbons (Fsp3) is 0.791. The maximum atomic E-state index is 12.7. The van der Waals surface area contributed by atoms with Gasteiger partial charge in [0.2, 0.25) is 0 Å². The molecule has 0 aliphatic heterocycles. The van der Waals surface area contributed by atoms with Gasteiger partial charge in [0.1, 0.15) is 6.61 Å². The van der Waals surface area contributed by atoms with E-state index in [1.807, 2.05) is 0 Å². The van der Waals surface area contributed by atoms with E-state index in [4.69, 9.17) is 24.3 Å². The van der Waals surface area contributed by atoms with Crippen molar-refractivity contribution in [2.45, 2.75) is 315 Å². The van der Waals surface area contributed by atoms with Gasteiger partial charge in [-0.3, -0.25) is 18.6 Å². The Hall–Kier alpha value is -2.55. The third kappa shape index (κ3) is 62.5. The van der Waals surface area contributed by atoms with Gasteiger partial charge in [0.25, 0.3) is 0 Å². The molecule has 3 N–H and O–H groups in total. The summed E-state index contributed by atoms with van der Waals surface area (Å²) < 4.78 is 33.0. The van der Waals surface area contributed by atoms with E-state index >= 15 is 0 Å². The Morgan fingerprint density at radius 1 is 0.403 bits per heavy atom. The summed E-state index contributed by atoms with van der Waals surface area (Å²) >= 11 is 0. The molecule has 2 atom stereocenters. The van der Waals surface area contributed by atoms with Crippen LogP contribution in [-0.4, -0.2) is 49.3 Å². The minimum Gasteiger partial charge on any atom is -0.462 e. The zero-order valence-corrected chi connectivity index (χ0v) is 51.1. The summed E-state index contributed by atoms with van der Waals surface area (Å²) in [6.07, 6.45) is 81.5. The molecule has 0 rings (SSSR count). The van der Waals surface area contributed by atoms with Gasteiger partial charge in [0.05, 0.1) is 13.2 Å². The lowest BCUT2D eigenvalue weighted by Crippen LogP contribution is -2.29. The van der Waals surface area contributed by atoms with Crippen LogP contribution in [0.15, 0.2) is 72.9 Å². The van der Waals surface area contributed by atoms with Crippen molar-refractivity contribution in [2.24, 2.45) is 5.73 Å². The molecule has 9 nitrogen and oxygen atoms in total. The van der Waals surface area contributed by atoms with Gasteiger partial charge in [-0.05, 0) is 83.5 Å². The SMILES string of the molecule is CC/C=C\C/C=C\C/C=C\CCCCCCCC(=O)OCC(COP(=O)(O)OCCN)OC(=O)CCCCCCCCCCCCCCCCCCCCCCCCCCCC/C=C\C/C=C\C/C=C\CCCCCCC. The van der Waals surface area contributed by atoms with E-state index < -0.39 is 32.5 Å². The normalized spacial score (nSPS) is 13.5. The number of carbonyl (C=O) groups is 2. The van der Waals surface area contributed by atoms with Crippen molar-refractivity contribution in [1.29, 1.82) is 0 Å². The third-order valence-electron chi connectivity index (χ3n) is 14.1. The number of hydrogen-bond acceptors (Lipinski definition) is 8. The maximum Gasteiger partial charge on any atom is 0.472 e. The van der Waals surface area contributed by atoms with Crippen LogP contribution in [0.25, 0.3) is 0 Å². The van der Waals surface area contributed by atoms with Crippen LogP contribution in [0.4, 0.5) is 0 Å². The zero-order valence-electron chi connectivity index (χ0n) is 50.2. The zero-order chi connectivity index (χ0) is 55.9. The number of nitrogens with two attached hydrogens (primary N) is 1. The van der Waals surface area contributed by atoms with Crippen LogP contribution >= 0.6 is 7.82 Å². The summed E-state index contributed by atoms with van der Waals surface area (Å²) in [7, 11) is -4.39. The lowest BCUT2D eigenvalue weighted by molar-refractivity contribution is -0.161. The Bertz CT molecular complexity index is 1490. The molecule has 0 fully saturated rings. The van der Waals surface area contributed by atoms with Gasteiger partial charge in [0.15, 0.2) is 6.10 Å². The molecule has 448 valence electrons. The quantitative estimate of drug-likeness (QED) is 0.0264. The number of ether oxygens (including phenoxy) is 2. The highest BCUT2D eigenvalue weighted by Gasteiger charge is 2.26. The van der Waals surface area contributed by atoms with E-state index in [1.54, 1.807) is 0 Å². The predicted molar refractivity (Wildman–Crippen MR) is 330 cm³/mol. The van der Waals surface area contributed by atoms with E-state index in [9.17, 15) is 19.0 Å². The van der Waals surface area contributed by atoms with Gasteiger partial charge in [0, 0.05) is 19.4 Å².